The molecule has 4 rings (SSSR count). The van der Waals surface area contributed by atoms with Crippen LogP contribution in [-0.4, -0.2) is 46.3 Å². The first kappa shape index (κ1) is 24.4. The maximum absolute atomic E-state index is 13.3. The summed E-state index contributed by atoms with van der Waals surface area (Å²) in [6.07, 6.45) is 1.81. The highest BCUT2D eigenvalue weighted by Gasteiger charge is 2.39. The quantitative estimate of drug-likeness (QED) is 0.484. The summed E-state index contributed by atoms with van der Waals surface area (Å²) >= 11 is 9.50. The summed E-state index contributed by atoms with van der Waals surface area (Å²) in [6.45, 7) is 5.14. The summed E-state index contributed by atoms with van der Waals surface area (Å²) in [4.78, 5) is 30.6. The highest BCUT2D eigenvalue weighted by Crippen LogP contribution is 2.37. The third-order valence-corrected chi connectivity index (χ3v) is 8.25. The van der Waals surface area contributed by atoms with Crippen molar-refractivity contribution in [2.24, 2.45) is 0 Å². The Labute approximate surface area is 210 Å². The van der Waals surface area contributed by atoms with Crippen LogP contribution in [0.15, 0.2) is 46.0 Å². The van der Waals surface area contributed by atoms with Crippen molar-refractivity contribution in [3.63, 3.8) is 0 Å². The number of benzene rings is 1. The number of nitrogens with one attached hydrogen (secondary N) is 2. The van der Waals surface area contributed by atoms with Gasteiger partial charge in [0.15, 0.2) is 15.7 Å². The maximum atomic E-state index is 13.3. The molecule has 0 fully saturated rings. The Morgan fingerprint density at radius 1 is 1.24 bits per heavy atom. The summed E-state index contributed by atoms with van der Waals surface area (Å²) in [7, 11) is -3.74. The van der Waals surface area contributed by atoms with E-state index in [2.05, 4.69) is 36.6 Å². The molecule has 1 aromatic carbocycles. The Kier molecular flexibility index (Phi) is 6.54. The molecule has 3 heterocycles. The van der Waals surface area contributed by atoms with E-state index < -0.39 is 26.9 Å². The van der Waals surface area contributed by atoms with Gasteiger partial charge in [0.25, 0.3) is 11.8 Å². The second kappa shape index (κ2) is 9.12. The molecule has 1 aliphatic heterocycles. The first-order valence-corrected chi connectivity index (χ1v) is 13.1. The number of fused-ring (bicyclic) bond motifs is 1. The van der Waals surface area contributed by atoms with Gasteiger partial charge < -0.3 is 10.6 Å². The molecule has 1 unspecified atom stereocenters. The van der Waals surface area contributed by atoms with E-state index in [-0.39, 0.29) is 38.7 Å². The number of carbonyl (C=O) groups is 2. The number of amides is 2. The van der Waals surface area contributed by atoms with Crippen molar-refractivity contribution in [3.05, 3.63) is 63.0 Å². The molecular weight excluding hydrogens is 546 g/mol. The molecule has 12 heteroatoms. The average molecular weight is 567 g/mol. The predicted molar refractivity (Wildman–Crippen MR) is 131 cm³/mol. The fourth-order valence-electron chi connectivity index (χ4n) is 3.79. The monoisotopic (exact) mass is 565 g/mol. The second-order valence-corrected chi connectivity index (χ2v) is 11.7. The van der Waals surface area contributed by atoms with Crippen LogP contribution in [0.5, 0.6) is 0 Å². The van der Waals surface area contributed by atoms with Gasteiger partial charge in [0.2, 0.25) is 0 Å². The minimum atomic E-state index is -3.74. The summed E-state index contributed by atoms with van der Waals surface area (Å²) in [6, 6.07) is 7.67. The molecule has 0 saturated heterocycles. The zero-order valence-electron chi connectivity index (χ0n) is 18.5. The molecule has 2 amide bonds. The molecule has 1 atom stereocenters. The number of halogens is 2. The molecule has 0 radical (unpaired) electrons. The summed E-state index contributed by atoms with van der Waals surface area (Å²) in [5.74, 6) is -0.965. The van der Waals surface area contributed by atoms with Gasteiger partial charge in [0.05, 0.1) is 26.4 Å². The number of aromatic nitrogens is 3. The first-order chi connectivity index (χ1) is 16.0. The van der Waals surface area contributed by atoms with Crippen LogP contribution in [0.1, 0.15) is 47.2 Å². The fraction of sp³-hybridized carbons (Fsp3) is 0.273. The fourth-order valence-corrected chi connectivity index (χ4v) is 6.17. The van der Waals surface area contributed by atoms with Gasteiger partial charge in [-0.2, -0.15) is 5.10 Å². The molecule has 0 bridgehead atoms. The zero-order valence-corrected chi connectivity index (χ0v) is 21.6. The third kappa shape index (κ3) is 4.35. The molecule has 2 N–H and O–H groups in total. The summed E-state index contributed by atoms with van der Waals surface area (Å²) < 4.78 is 27.7. The molecular formula is C22H21BrClN5O4S. The van der Waals surface area contributed by atoms with Crippen LogP contribution in [0, 0.1) is 0 Å². The minimum Gasteiger partial charge on any atom is -0.350 e. The lowest BCUT2D eigenvalue weighted by molar-refractivity contribution is 0.0940. The van der Waals surface area contributed by atoms with Crippen LogP contribution in [0.3, 0.4) is 0 Å². The van der Waals surface area contributed by atoms with Gasteiger partial charge in [0, 0.05) is 18.3 Å². The number of rotatable bonds is 5. The molecule has 0 aliphatic carbocycles. The Morgan fingerprint density at radius 3 is 2.65 bits per heavy atom. The van der Waals surface area contributed by atoms with Crippen molar-refractivity contribution in [1.29, 1.82) is 0 Å². The number of hydrogen-bond acceptors (Lipinski definition) is 6. The maximum Gasteiger partial charge on any atom is 0.274 e. The highest BCUT2D eigenvalue weighted by atomic mass is 79.9. The van der Waals surface area contributed by atoms with Gasteiger partial charge in [-0.25, -0.2) is 18.1 Å². The van der Waals surface area contributed by atoms with E-state index in [0.29, 0.717) is 16.6 Å². The first-order valence-electron chi connectivity index (χ1n) is 10.4. The number of anilines is 1. The van der Waals surface area contributed by atoms with Crippen LogP contribution < -0.4 is 10.6 Å². The van der Waals surface area contributed by atoms with Crippen molar-refractivity contribution in [2.45, 2.75) is 43.4 Å². The van der Waals surface area contributed by atoms with Gasteiger partial charge in [-0.3, -0.25) is 9.59 Å². The molecule has 3 aromatic rings. The Balaban J connectivity index is 1.81. The smallest absolute Gasteiger partial charge is 0.274 e. The molecule has 1 aliphatic rings. The molecule has 2 aromatic heterocycles. The Bertz CT molecular complexity index is 1420. The summed E-state index contributed by atoms with van der Waals surface area (Å²) in [5.41, 5.74) is 0.632. The molecule has 0 saturated carbocycles. The van der Waals surface area contributed by atoms with E-state index in [1.165, 1.54) is 16.9 Å². The normalized spacial score (nSPS) is 16.4. The third-order valence-electron chi connectivity index (χ3n) is 5.31. The topological polar surface area (TPSA) is 123 Å². The zero-order chi connectivity index (χ0) is 24.8. The van der Waals surface area contributed by atoms with Crippen molar-refractivity contribution < 1.29 is 18.0 Å². The van der Waals surface area contributed by atoms with Crippen LogP contribution in [-0.2, 0) is 16.3 Å². The van der Waals surface area contributed by atoms with E-state index in [4.69, 9.17) is 11.6 Å². The van der Waals surface area contributed by atoms with Crippen LogP contribution in [0.2, 0.25) is 5.02 Å². The Hall–Kier alpha value is -2.76. The van der Waals surface area contributed by atoms with Gasteiger partial charge in [-0.1, -0.05) is 17.7 Å². The highest BCUT2D eigenvalue weighted by molar-refractivity contribution is 9.10. The number of sulfone groups is 1. The average Bonchev–Trinajstić information content (AvgIpc) is 3.25. The van der Waals surface area contributed by atoms with Crippen LogP contribution >= 0.6 is 27.5 Å². The van der Waals surface area contributed by atoms with Gasteiger partial charge in [0.1, 0.15) is 10.3 Å². The molecule has 178 valence electrons. The van der Waals surface area contributed by atoms with E-state index >= 15 is 0 Å². The van der Waals surface area contributed by atoms with Crippen molar-refractivity contribution >= 4 is 54.9 Å². The minimum absolute atomic E-state index is 0.0431. The lowest BCUT2D eigenvalue weighted by Gasteiger charge is -2.17. The lowest BCUT2D eigenvalue weighted by atomic mass is 10.0. The van der Waals surface area contributed by atoms with Crippen molar-refractivity contribution in [1.82, 2.24) is 20.1 Å². The number of pyridine rings is 1. The molecule has 9 nitrogen and oxygen atoms in total. The molecule has 34 heavy (non-hydrogen) atoms. The van der Waals surface area contributed by atoms with Gasteiger partial charge in [-0.05, 0) is 66.9 Å². The van der Waals surface area contributed by atoms with E-state index in [1.807, 2.05) is 0 Å². The van der Waals surface area contributed by atoms with E-state index in [1.54, 1.807) is 45.0 Å². The standard InChI is InChI=1S/C22H21BrClN5O4S/c1-11(2)26-22(31)18-15(7-6-13-9-12(3)34(32,33)19(13)18)27-21(30)16-10-17(23)28-29(16)20-14(24)5-4-8-25-20/h4-8,10-12H,9H2,1-3H3,(H,26,31)(H,27,30). The van der Waals surface area contributed by atoms with Crippen molar-refractivity contribution in [3.8, 4) is 5.82 Å². The second-order valence-electron chi connectivity index (χ2n) is 8.19. The van der Waals surface area contributed by atoms with Crippen LogP contribution in [0.4, 0.5) is 5.69 Å². The Morgan fingerprint density at radius 2 is 1.97 bits per heavy atom. The largest absolute Gasteiger partial charge is 0.350 e. The van der Waals surface area contributed by atoms with E-state index in [9.17, 15) is 18.0 Å². The predicted octanol–water partition coefficient (Wildman–Crippen LogP) is 3.79. The summed E-state index contributed by atoms with van der Waals surface area (Å²) in [5, 5.41) is 9.28. The van der Waals surface area contributed by atoms with Gasteiger partial charge in [-0.15, -0.1) is 0 Å². The SMILES string of the molecule is CC(C)NC(=O)c1c(NC(=O)c2cc(Br)nn2-c2ncccc2Cl)ccc2c1S(=O)(=O)C(C)C2. The van der Waals surface area contributed by atoms with Crippen LogP contribution in [0.25, 0.3) is 5.82 Å². The number of carbonyl (C=O) groups excluding carboxylic acids is 2. The lowest BCUT2D eigenvalue weighted by Crippen LogP contribution is -2.32. The number of hydrogen-bond donors (Lipinski definition) is 2. The van der Waals surface area contributed by atoms with Crippen molar-refractivity contribution in [2.75, 3.05) is 5.32 Å². The molecule has 0 spiro atoms. The van der Waals surface area contributed by atoms with E-state index in [0.717, 1.165) is 0 Å². The number of nitrogens with zero attached hydrogens (tertiary/aromatic N) is 3. The van der Waals surface area contributed by atoms with Gasteiger partial charge >= 0.3 is 0 Å².